The maximum Gasteiger partial charge on any atom is 0.0802 e. The number of fused-ring (bicyclic) bond motifs is 1. The fraction of sp³-hybridized carbons (Fsp3) is 0.684. The topological polar surface area (TPSA) is 26.7 Å². The molecule has 2 rings (SSSR count). The van der Waals surface area contributed by atoms with E-state index < -0.39 is 0 Å². The Labute approximate surface area is 135 Å². The average molecular weight is 304 g/mol. The van der Waals surface area contributed by atoms with Crippen LogP contribution in [0.25, 0.3) is 0 Å². The van der Waals surface area contributed by atoms with Crippen molar-refractivity contribution < 1.29 is 5.11 Å². The molecule has 0 amide bonds. The third-order valence-corrected chi connectivity index (χ3v) is 4.76. The Hall–Kier alpha value is -1.06. The lowest BCUT2D eigenvalue weighted by Gasteiger charge is -2.31. The molecule has 0 saturated carbocycles. The van der Waals surface area contributed by atoms with Gasteiger partial charge in [-0.05, 0) is 63.4 Å². The maximum absolute atomic E-state index is 10.5. The van der Waals surface area contributed by atoms with Gasteiger partial charge in [-0.2, -0.15) is 0 Å². The maximum atomic E-state index is 10.5. The van der Waals surface area contributed by atoms with Crippen molar-refractivity contribution >= 4 is 5.69 Å². The first-order chi connectivity index (χ1) is 10.7. The van der Waals surface area contributed by atoms with Gasteiger partial charge in [0.15, 0.2) is 0 Å². The lowest BCUT2D eigenvalue weighted by Crippen LogP contribution is -2.29. The van der Waals surface area contributed by atoms with E-state index in [1.807, 2.05) is 0 Å². The largest absolute Gasteiger partial charge is 0.388 e. The van der Waals surface area contributed by atoms with Gasteiger partial charge >= 0.3 is 0 Å². The molecule has 0 fully saturated rings. The van der Waals surface area contributed by atoms with E-state index in [1.165, 1.54) is 30.5 Å². The van der Waals surface area contributed by atoms with Gasteiger partial charge in [-0.1, -0.05) is 25.5 Å². The van der Waals surface area contributed by atoms with Crippen LogP contribution in [-0.2, 0) is 6.42 Å². The summed E-state index contributed by atoms with van der Waals surface area (Å²) in [6.45, 7) is 8.74. The molecule has 0 saturated heterocycles. The van der Waals surface area contributed by atoms with Crippen molar-refractivity contribution in [2.45, 2.75) is 52.1 Å². The summed E-state index contributed by atoms with van der Waals surface area (Å²) in [5.74, 6) is 0. The number of unbranched alkanes of at least 4 members (excludes halogenated alkanes) is 1. The molecule has 3 heteroatoms. The molecule has 0 radical (unpaired) electrons. The standard InChI is InChI=1S/C19H32N2O/c1-4-6-12-20(3)14-11-19(22)17-9-10-18-16(15-17)8-7-13-21(18)5-2/h9-10,15,19,22H,4-8,11-14H2,1-3H3. The highest BCUT2D eigenvalue weighted by atomic mass is 16.3. The van der Waals surface area contributed by atoms with Crippen LogP contribution >= 0.6 is 0 Å². The Bertz CT molecular complexity index is 461. The van der Waals surface area contributed by atoms with Gasteiger partial charge in [0, 0.05) is 25.3 Å². The molecule has 0 aliphatic carbocycles. The zero-order chi connectivity index (χ0) is 15.9. The Balaban J connectivity index is 1.94. The van der Waals surface area contributed by atoms with Crippen LogP contribution in [0.1, 0.15) is 56.8 Å². The lowest BCUT2D eigenvalue weighted by molar-refractivity contribution is 0.148. The number of hydrogen-bond acceptors (Lipinski definition) is 3. The number of nitrogens with zero attached hydrogens (tertiary/aromatic N) is 2. The Morgan fingerprint density at radius 2 is 2.09 bits per heavy atom. The third kappa shape index (κ3) is 4.47. The van der Waals surface area contributed by atoms with Crippen molar-refractivity contribution in [3.8, 4) is 0 Å². The third-order valence-electron chi connectivity index (χ3n) is 4.76. The van der Waals surface area contributed by atoms with Crippen LogP contribution in [0, 0.1) is 0 Å². The number of aryl methyl sites for hydroxylation is 1. The molecule has 124 valence electrons. The second kappa shape index (κ2) is 8.54. The second-order valence-electron chi connectivity index (χ2n) is 6.53. The predicted octanol–water partition coefficient (Wildman–Crippen LogP) is 3.61. The van der Waals surface area contributed by atoms with Crippen LogP contribution in [-0.4, -0.2) is 43.2 Å². The van der Waals surface area contributed by atoms with Crippen LogP contribution in [0.5, 0.6) is 0 Å². The van der Waals surface area contributed by atoms with E-state index >= 15 is 0 Å². The monoisotopic (exact) mass is 304 g/mol. The Kier molecular flexibility index (Phi) is 6.71. The van der Waals surface area contributed by atoms with E-state index in [9.17, 15) is 5.11 Å². The number of aliphatic hydroxyl groups excluding tert-OH is 1. The Morgan fingerprint density at radius 3 is 2.82 bits per heavy atom. The van der Waals surface area contributed by atoms with Gasteiger partial charge in [0.1, 0.15) is 0 Å². The van der Waals surface area contributed by atoms with Gasteiger partial charge < -0.3 is 14.9 Å². The minimum absolute atomic E-state index is 0.341. The molecule has 1 aromatic rings. The van der Waals surface area contributed by atoms with E-state index in [-0.39, 0.29) is 6.10 Å². The first-order valence-electron chi connectivity index (χ1n) is 8.90. The predicted molar refractivity (Wildman–Crippen MR) is 94.6 cm³/mol. The lowest BCUT2D eigenvalue weighted by atomic mass is 9.96. The minimum atomic E-state index is -0.341. The number of benzene rings is 1. The fourth-order valence-electron chi connectivity index (χ4n) is 3.28. The highest BCUT2D eigenvalue weighted by molar-refractivity contribution is 5.57. The van der Waals surface area contributed by atoms with Gasteiger partial charge in [0.25, 0.3) is 0 Å². The molecule has 1 unspecified atom stereocenters. The highest BCUT2D eigenvalue weighted by Gasteiger charge is 2.17. The summed E-state index contributed by atoms with van der Waals surface area (Å²) >= 11 is 0. The van der Waals surface area contributed by atoms with Crippen LogP contribution in [0.2, 0.25) is 0 Å². The van der Waals surface area contributed by atoms with E-state index in [0.29, 0.717) is 0 Å². The van der Waals surface area contributed by atoms with Crippen molar-refractivity contribution in [3.05, 3.63) is 29.3 Å². The number of aliphatic hydroxyl groups is 1. The van der Waals surface area contributed by atoms with Crippen LogP contribution in [0.4, 0.5) is 5.69 Å². The van der Waals surface area contributed by atoms with Crippen molar-refractivity contribution in [2.24, 2.45) is 0 Å². The van der Waals surface area contributed by atoms with Crippen LogP contribution in [0.3, 0.4) is 0 Å². The van der Waals surface area contributed by atoms with Gasteiger partial charge in [0.05, 0.1) is 6.10 Å². The molecule has 1 aliphatic heterocycles. The molecule has 1 aromatic carbocycles. The zero-order valence-corrected chi connectivity index (χ0v) is 14.5. The second-order valence-corrected chi connectivity index (χ2v) is 6.53. The summed E-state index contributed by atoms with van der Waals surface area (Å²) in [6, 6.07) is 6.55. The number of rotatable bonds is 8. The fourth-order valence-corrected chi connectivity index (χ4v) is 3.28. The van der Waals surface area contributed by atoms with Crippen molar-refractivity contribution in [2.75, 3.05) is 38.1 Å². The highest BCUT2D eigenvalue weighted by Crippen LogP contribution is 2.30. The smallest absolute Gasteiger partial charge is 0.0802 e. The summed E-state index contributed by atoms with van der Waals surface area (Å²) in [6.07, 6.45) is 5.30. The molecule has 22 heavy (non-hydrogen) atoms. The molecule has 0 bridgehead atoms. The number of anilines is 1. The number of hydrogen-bond donors (Lipinski definition) is 1. The van der Waals surface area contributed by atoms with Crippen molar-refractivity contribution in [1.29, 1.82) is 0 Å². The molecule has 0 aromatic heterocycles. The first kappa shape index (κ1) is 17.3. The van der Waals surface area contributed by atoms with Crippen LogP contribution < -0.4 is 4.90 Å². The molecule has 3 nitrogen and oxygen atoms in total. The van der Waals surface area contributed by atoms with Gasteiger partial charge in [0.2, 0.25) is 0 Å². The van der Waals surface area contributed by atoms with E-state index in [4.69, 9.17) is 0 Å². The quantitative estimate of drug-likeness (QED) is 0.794. The van der Waals surface area contributed by atoms with Crippen molar-refractivity contribution in [1.82, 2.24) is 4.90 Å². The molecule has 1 N–H and O–H groups in total. The van der Waals surface area contributed by atoms with Gasteiger partial charge in [-0.25, -0.2) is 0 Å². The molecule has 1 heterocycles. The average Bonchev–Trinajstić information content (AvgIpc) is 2.56. The normalized spacial score (nSPS) is 16.0. The first-order valence-corrected chi connectivity index (χ1v) is 8.90. The molecular weight excluding hydrogens is 272 g/mol. The van der Waals surface area contributed by atoms with Crippen molar-refractivity contribution in [3.63, 3.8) is 0 Å². The van der Waals surface area contributed by atoms with Gasteiger partial charge in [-0.15, -0.1) is 0 Å². The molecule has 1 aliphatic rings. The summed E-state index contributed by atoms with van der Waals surface area (Å²) in [4.78, 5) is 4.76. The summed E-state index contributed by atoms with van der Waals surface area (Å²) in [5.41, 5.74) is 3.86. The molecular formula is C19H32N2O. The zero-order valence-electron chi connectivity index (χ0n) is 14.5. The molecule has 0 spiro atoms. The SMILES string of the molecule is CCCCN(C)CCC(O)c1ccc2c(c1)CCCN2CC. The van der Waals surface area contributed by atoms with Crippen LogP contribution in [0.15, 0.2) is 18.2 Å². The minimum Gasteiger partial charge on any atom is -0.388 e. The van der Waals surface area contributed by atoms with Gasteiger partial charge in [-0.3, -0.25) is 0 Å². The summed E-state index contributed by atoms with van der Waals surface area (Å²) in [7, 11) is 2.15. The van der Waals surface area contributed by atoms with E-state index in [2.05, 4.69) is 48.9 Å². The summed E-state index contributed by atoms with van der Waals surface area (Å²) < 4.78 is 0. The van der Waals surface area contributed by atoms with E-state index in [1.54, 1.807) is 0 Å². The molecule has 1 atom stereocenters. The Morgan fingerprint density at radius 1 is 1.27 bits per heavy atom. The van der Waals surface area contributed by atoms with E-state index in [0.717, 1.165) is 44.6 Å². The summed E-state index contributed by atoms with van der Waals surface area (Å²) in [5, 5.41) is 10.5.